The predicted octanol–water partition coefficient (Wildman–Crippen LogP) is 2.78. The molecule has 11 heteroatoms. The van der Waals surface area contributed by atoms with Crippen molar-refractivity contribution in [2.24, 2.45) is 5.41 Å². The van der Waals surface area contributed by atoms with E-state index in [1.54, 1.807) is 7.05 Å². The summed E-state index contributed by atoms with van der Waals surface area (Å²) in [6, 6.07) is 9.52. The summed E-state index contributed by atoms with van der Waals surface area (Å²) in [7, 11) is -2.17. The summed E-state index contributed by atoms with van der Waals surface area (Å²) in [6.45, 7) is 3.06. The molecule has 2 aliphatic rings. The quantitative estimate of drug-likeness (QED) is 0.331. The summed E-state index contributed by atoms with van der Waals surface area (Å²) in [6.07, 6.45) is 6.10. The van der Waals surface area contributed by atoms with Crippen LogP contribution in [0.15, 0.2) is 34.7 Å². The van der Waals surface area contributed by atoms with E-state index in [4.69, 9.17) is 19.5 Å². The van der Waals surface area contributed by atoms with Crippen LogP contribution < -0.4 is 15.0 Å². The molecule has 2 aromatic heterocycles. The number of nitrogens with two attached hydrogens (primary N) is 1. The van der Waals surface area contributed by atoms with Gasteiger partial charge in [0.1, 0.15) is 11.6 Å². The van der Waals surface area contributed by atoms with E-state index in [2.05, 4.69) is 5.32 Å². The molecule has 218 valence electrons. The molecule has 3 aromatic rings. The lowest BCUT2D eigenvalue weighted by molar-refractivity contribution is -0.141. The van der Waals surface area contributed by atoms with Gasteiger partial charge in [0.15, 0.2) is 0 Å². The Balaban J connectivity index is 1.56. The molecule has 2 fully saturated rings. The van der Waals surface area contributed by atoms with E-state index in [0.717, 1.165) is 42.0 Å². The number of nitrogens with zero attached hydrogens (tertiary/aromatic N) is 2. The number of amides is 1. The van der Waals surface area contributed by atoms with Crippen LogP contribution in [-0.2, 0) is 19.6 Å². The molecule has 5 rings (SSSR count). The second kappa shape index (κ2) is 11.4. The van der Waals surface area contributed by atoms with Crippen LogP contribution in [0.25, 0.3) is 22.4 Å². The minimum absolute atomic E-state index is 0.133. The monoisotopic (exact) mass is 581 g/mol. The van der Waals surface area contributed by atoms with Crippen molar-refractivity contribution in [2.75, 3.05) is 37.4 Å². The van der Waals surface area contributed by atoms with E-state index in [1.807, 2.05) is 37.3 Å². The van der Waals surface area contributed by atoms with Gasteiger partial charge in [0.25, 0.3) is 5.91 Å². The number of aryl methyl sites for hydroxylation is 1. The van der Waals surface area contributed by atoms with Crippen LogP contribution in [0.4, 0.5) is 5.82 Å². The van der Waals surface area contributed by atoms with Crippen LogP contribution in [0.1, 0.15) is 65.9 Å². The van der Waals surface area contributed by atoms with E-state index >= 15 is 0 Å². The SMILES string of the molecule is CNC(=O)c1c(-c2ccc(C)cc2)oc2nc(N(CCCC3(C(=O)C=[NH2+])CCOCC3)S(C)(=O)=O)c(C3CC3)cc12. The van der Waals surface area contributed by atoms with Crippen LogP contribution in [0.3, 0.4) is 0 Å². The van der Waals surface area contributed by atoms with Crippen molar-refractivity contribution in [3.63, 3.8) is 0 Å². The number of benzene rings is 1. The number of hydrogen-bond acceptors (Lipinski definition) is 7. The lowest BCUT2D eigenvalue weighted by Crippen LogP contribution is -2.45. The van der Waals surface area contributed by atoms with E-state index in [0.29, 0.717) is 61.4 Å². The minimum Gasteiger partial charge on any atom is -0.437 e. The average Bonchev–Trinajstić information content (AvgIpc) is 3.74. The molecule has 41 heavy (non-hydrogen) atoms. The molecular weight excluding hydrogens is 544 g/mol. The normalized spacial score (nSPS) is 16.9. The van der Waals surface area contributed by atoms with Gasteiger partial charge < -0.3 is 14.5 Å². The van der Waals surface area contributed by atoms with Gasteiger partial charge in [0.2, 0.25) is 27.7 Å². The highest BCUT2D eigenvalue weighted by Gasteiger charge is 2.40. The number of fused-ring (bicyclic) bond motifs is 1. The van der Waals surface area contributed by atoms with Gasteiger partial charge in [-0.2, -0.15) is 4.98 Å². The van der Waals surface area contributed by atoms with Crippen molar-refractivity contribution < 1.29 is 32.6 Å². The molecule has 3 heterocycles. The number of nitrogens with one attached hydrogen (secondary N) is 1. The van der Waals surface area contributed by atoms with E-state index in [9.17, 15) is 18.0 Å². The summed E-state index contributed by atoms with van der Waals surface area (Å²) in [5, 5.41) is 8.87. The first-order valence-electron chi connectivity index (χ1n) is 14.0. The Labute approximate surface area is 240 Å². The Bertz CT molecular complexity index is 1590. The fourth-order valence-electron chi connectivity index (χ4n) is 5.73. The molecule has 0 unspecified atom stereocenters. The zero-order valence-corrected chi connectivity index (χ0v) is 24.6. The van der Waals surface area contributed by atoms with Crippen molar-refractivity contribution in [3.8, 4) is 11.3 Å². The Morgan fingerprint density at radius 2 is 1.88 bits per heavy atom. The topological polar surface area (TPSA) is 144 Å². The van der Waals surface area contributed by atoms with Crippen LogP contribution in [-0.4, -0.2) is 64.4 Å². The first kappa shape index (κ1) is 28.9. The maximum Gasteiger partial charge on any atom is 0.255 e. The maximum absolute atomic E-state index is 13.2. The van der Waals surface area contributed by atoms with Gasteiger partial charge in [-0.05, 0) is 63.0 Å². The zero-order valence-electron chi connectivity index (χ0n) is 23.7. The minimum atomic E-state index is -3.74. The van der Waals surface area contributed by atoms with Crippen molar-refractivity contribution in [2.45, 2.75) is 51.4 Å². The van der Waals surface area contributed by atoms with Gasteiger partial charge in [-0.25, -0.2) is 8.42 Å². The molecule has 0 spiro atoms. The predicted molar refractivity (Wildman–Crippen MR) is 156 cm³/mol. The number of furan rings is 1. The van der Waals surface area contributed by atoms with Crippen molar-refractivity contribution >= 4 is 44.8 Å². The summed E-state index contributed by atoms with van der Waals surface area (Å²) in [5.74, 6) is 0.392. The zero-order chi connectivity index (χ0) is 29.4. The summed E-state index contributed by atoms with van der Waals surface area (Å²) in [5.41, 5.74) is 2.48. The molecular formula is C30H37N4O6S+. The van der Waals surface area contributed by atoms with Crippen LogP contribution in [0.2, 0.25) is 0 Å². The van der Waals surface area contributed by atoms with Crippen molar-refractivity contribution in [1.82, 2.24) is 10.3 Å². The highest BCUT2D eigenvalue weighted by Crippen LogP contribution is 2.47. The average molecular weight is 582 g/mol. The van der Waals surface area contributed by atoms with Crippen molar-refractivity contribution in [1.29, 1.82) is 0 Å². The van der Waals surface area contributed by atoms with Crippen LogP contribution >= 0.6 is 0 Å². The second-order valence-electron chi connectivity index (χ2n) is 11.1. The Morgan fingerprint density at radius 1 is 1.20 bits per heavy atom. The van der Waals surface area contributed by atoms with Gasteiger partial charge in [0.05, 0.1) is 17.2 Å². The molecule has 1 aliphatic heterocycles. The number of carbonyl (C=O) groups excluding carboxylic acids is 2. The molecule has 1 saturated heterocycles. The number of rotatable bonds is 11. The standard InChI is InChI=1S/C30H36N4O6S/c1-19-5-7-21(8-6-19)26-25(28(36)32-2)23-17-22(20-9-10-20)27(33-29(23)40-26)34(41(3,37)38)14-4-11-30(24(35)18-31)12-15-39-16-13-30/h5-8,17-18,20,31H,4,9-16H2,1-3H3,(H,32,36)/p+1. The highest BCUT2D eigenvalue weighted by atomic mass is 32.2. The third-order valence-corrected chi connectivity index (χ3v) is 9.41. The lowest BCUT2D eigenvalue weighted by atomic mass is 9.73. The van der Waals surface area contributed by atoms with E-state index in [-0.39, 0.29) is 29.9 Å². The molecule has 3 N–H and O–H groups in total. The second-order valence-corrected chi connectivity index (χ2v) is 13.0. The number of Topliss-reactive ketones (excluding diaryl/α,β-unsaturated/α-hetero) is 1. The van der Waals surface area contributed by atoms with Gasteiger partial charge in [-0.3, -0.25) is 19.3 Å². The third kappa shape index (κ3) is 5.78. The third-order valence-electron chi connectivity index (χ3n) is 8.25. The number of hydrogen-bond donors (Lipinski definition) is 2. The number of aromatic nitrogens is 1. The summed E-state index contributed by atoms with van der Waals surface area (Å²) < 4.78 is 39.3. The molecule has 1 saturated carbocycles. The fraction of sp³-hybridized carbons (Fsp3) is 0.467. The first-order chi connectivity index (χ1) is 19.6. The maximum atomic E-state index is 13.2. The van der Waals surface area contributed by atoms with Gasteiger partial charge in [-0.1, -0.05) is 29.8 Å². The molecule has 0 bridgehead atoms. The summed E-state index contributed by atoms with van der Waals surface area (Å²) >= 11 is 0. The van der Waals surface area contributed by atoms with Gasteiger partial charge in [0, 0.05) is 37.8 Å². The first-order valence-corrected chi connectivity index (χ1v) is 15.8. The highest BCUT2D eigenvalue weighted by molar-refractivity contribution is 7.92. The van der Waals surface area contributed by atoms with Gasteiger partial charge in [-0.15, -0.1) is 0 Å². The van der Waals surface area contributed by atoms with Crippen molar-refractivity contribution in [3.05, 3.63) is 47.0 Å². The van der Waals surface area contributed by atoms with Gasteiger partial charge >= 0.3 is 0 Å². The number of ketones is 1. The molecule has 0 atom stereocenters. The molecule has 10 nitrogen and oxygen atoms in total. The number of pyridine rings is 1. The number of ether oxygens (including phenoxy) is 1. The Hall–Kier alpha value is -3.57. The van der Waals surface area contributed by atoms with Crippen LogP contribution in [0.5, 0.6) is 0 Å². The number of anilines is 1. The summed E-state index contributed by atoms with van der Waals surface area (Å²) in [4.78, 5) is 30.6. The fourth-order valence-corrected chi connectivity index (χ4v) is 6.65. The molecule has 1 aliphatic carbocycles. The lowest BCUT2D eigenvalue weighted by Gasteiger charge is -2.34. The van der Waals surface area contributed by atoms with Crippen LogP contribution in [0, 0.1) is 12.3 Å². The molecule has 1 amide bonds. The molecule has 1 aromatic carbocycles. The number of carbonyl (C=O) groups is 2. The number of sulfonamides is 1. The van der Waals surface area contributed by atoms with E-state index in [1.165, 1.54) is 4.31 Å². The Morgan fingerprint density at radius 3 is 2.46 bits per heavy atom. The smallest absolute Gasteiger partial charge is 0.255 e. The molecule has 0 radical (unpaired) electrons. The Kier molecular flexibility index (Phi) is 8.02. The largest absolute Gasteiger partial charge is 0.437 e. The van der Waals surface area contributed by atoms with E-state index < -0.39 is 15.4 Å².